The van der Waals surface area contributed by atoms with Crippen LogP contribution in [-0.2, 0) is 6.18 Å². The summed E-state index contributed by atoms with van der Waals surface area (Å²) in [4.78, 5) is 9.76. The van der Waals surface area contributed by atoms with Crippen molar-refractivity contribution in [3.05, 3.63) is 58.7 Å². The largest absolute Gasteiger partial charge is 0.433 e. The predicted octanol–water partition coefficient (Wildman–Crippen LogP) is 5.18. The smallest absolute Gasteiger partial charge is 0.246 e. The Hall–Kier alpha value is -2.74. The summed E-state index contributed by atoms with van der Waals surface area (Å²) in [6.07, 6.45) is -4.50. The third-order valence-electron chi connectivity index (χ3n) is 3.93. The molecule has 4 rings (SSSR count). The zero-order chi connectivity index (χ0) is 18.5. The standard InChI is InChI=1S/C18H13F3N4S/c1-10-9-15(18(19,20)21)25(24-10)17-23-16(11(2)26-17)14-8-7-12-5-3-4-6-13(12)22-14/h3-9H,1-2H3. The summed E-state index contributed by atoms with van der Waals surface area (Å²) < 4.78 is 40.6. The number of hydrogen-bond acceptors (Lipinski definition) is 4. The number of aryl methyl sites for hydroxylation is 2. The van der Waals surface area contributed by atoms with Gasteiger partial charge in [-0.05, 0) is 32.0 Å². The quantitative estimate of drug-likeness (QED) is 0.486. The molecule has 0 bridgehead atoms. The summed E-state index contributed by atoms with van der Waals surface area (Å²) in [7, 11) is 0. The van der Waals surface area contributed by atoms with Crippen molar-refractivity contribution in [2.75, 3.05) is 0 Å². The molecule has 1 aromatic carbocycles. The van der Waals surface area contributed by atoms with Crippen LogP contribution in [0.2, 0.25) is 0 Å². The lowest BCUT2D eigenvalue weighted by atomic mass is 10.2. The van der Waals surface area contributed by atoms with Gasteiger partial charge in [0.2, 0.25) is 5.13 Å². The van der Waals surface area contributed by atoms with Gasteiger partial charge < -0.3 is 0 Å². The van der Waals surface area contributed by atoms with Gasteiger partial charge in [0.15, 0.2) is 5.69 Å². The van der Waals surface area contributed by atoms with Crippen molar-refractivity contribution in [1.82, 2.24) is 19.7 Å². The van der Waals surface area contributed by atoms with E-state index in [1.54, 1.807) is 0 Å². The minimum Gasteiger partial charge on any atom is -0.246 e. The third kappa shape index (κ3) is 2.86. The van der Waals surface area contributed by atoms with Crippen LogP contribution in [0, 0.1) is 13.8 Å². The Morgan fingerprint density at radius 1 is 1.00 bits per heavy atom. The highest BCUT2D eigenvalue weighted by Gasteiger charge is 2.36. The van der Waals surface area contributed by atoms with Crippen molar-refractivity contribution in [3.63, 3.8) is 0 Å². The van der Waals surface area contributed by atoms with Crippen LogP contribution in [0.1, 0.15) is 16.3 Å². The Kier molecular flexibility index (Phi) is 3.80. The number of rotatable bonds is 2. The summed E-state index contributed by atoms with van der Waals surface area (Å²) in [6, 6.07) is 12.4. The molecule has 0 atom stereocenters. The van der Waals surface area contributed by atoms with Crippen LogP contribution in [0.25, 0.3) is 27.4 Å². The fraction of sp³-hybridized carbons (Fsp3) is 0.167. The molecule has 3 aromatic heterocycles. The number of thiazole rings is 1. The Morgan fingerprint density at radius 2 is 1.77 bits per heavy atom. The molecule has 0 spiro atoms. The molecule has 0 fully saturated rings. The molecule has 26 heavy (non-hydrogen) atoms. The van der Waals surface area contributed by atoms with Crippen LogP contribution >= 0.6 is 11.3 Å². The number of fused-ring (bicyclic) bond motifs is 1. The van der Waals surface area contributed by atoms with E-state index in [0.717, 1.165) is 37.9 Å². The molecule has 0 radical (unpaired) electrons. The van der Waals surface area contributed by atoms with Crippen LogP contribution in [0.3, 0.4) is 0 Å². The minimum atomic E-state index is -4.50. The number of hydrogen-bond donors (Lipinski definition) is 0. The minimum absolute atomic E-state index is 0.174. The van der Waals surface area contributed by atoms with Crippen LogP contribution in [0.4, 0.5) is 13.2 Å². The number of benzene rings is 1. The maximum Gasteiger partial charge on any atom is 0.433 e. The average Bonchev–Trinajstić information content (AvgIpc) is 3.17. The normalized spacial score (nSPS) is 12.0. The van der Waals surface area contributed by atoms with Gasteiger partial charge in [0.25, 0.3) is 0 Å². The average molecular weight is 374 g/mol. The van der Waals surface area contributed by atoms with E-state index in [4.69, 9.17) is 0 Å². The lowest BCUT2D eigenvalue weighted by molar-refractivity contribution is -0.142. The molecule has 4 nitrogen and oxygen atoms in total. The summed E-state index contributed by atoms with van der Waals surface area (Å²) in [5.41, 5.74) is 1.46. The third-order valence-corrected chi connectivity index (χ3v) is 4.88. The topological polar surface area (TPSA) is 43.6 Å². The van der Waals surface area contributed by atoms with Crippen LogP contribution in [0.15, 0.2) is 42.5 Å². The highest BCUT2D eigenvalue weighted by atomic mass is 32.1. The fourth-order valence-electron chi connectivity index (χ4n) is 2.76. The second-order valence-electron chi connectivity index (χ2n) is 5.87. The van der Waals surface area contributed by atoms with Gasteiger partial charge in [0.05, 0.1) is 16.9 Å². The second kappa shape index (κ2) is 5.91. The van der Waals surface area contributed by atoms with Crippen molar-refractivity contribution in [1.29, 1.82) is 0 Å². The Labute approximate surface area is 151 Å². The molecular weight excluding hydrogens is 361 g/mol. The summed E-state index contributed by atoms with van der Waals surface area (Å²) >= 11 is 1.16. The number of pyridine rings is 1. The molecule has 0 saturated heterocycles. The Bertz CT molecular complexity index is 1110. The van der Waals surface area contributed by atoms with E-state index in [1.807, 2.05) is 43.3 Å². The molecule has 0 saturated carbocycles. The first-order valence-corrected chi connectivity index (χ1v) is 8.62. The van der Waals surface area contributed by atoms with E-state index in [0.29, 0.717) is 11.4 Å². The summed E-state index contributed by atoms with van der Waals surface area (Å²) in [6.45, 7) is 3.34. The summed E-state index contributed by atoms with van der Waals surface area (Å²) in [5, 5.41) is 5.14. The zero-order valence-corrected chi connectivity index (χ0v) is 14.7. The molecule has 0 amide bonds. The number of para-hydroxylation sites is 1. The van der Waals surface area contributed by atoms with E-state index in [1.165, 1.54) is 6.92 Å². The van der Waals surface area contributed by atoms with Gasteiger partial charge in [-0.25, -0.2) is 14.6 Å². The van der Waals surface area contributed by atoms with Gasteiger partial charge in [-0.2, -0.15) is 18.3 Å². The van der Waals surface area contributed by atoms with Crippen molar-refractivity contribution in [2.45, 2.75) is 20.0 Å². The van der Waals surface area contributed by atoms with Gasteiger partial charge >= 0.3 is 6.18 Å². The Balaban J connectivity index is 1.83. The van der Waals surface area contributed by atoms with Crippen molar-refractivity contribution in [2.24, 2.45) is 0 Å². The highest BCUT2D eigenvalue weighted by molar-refractivity contribution is 7.14. The monoisotopic (exact) mass is 374 g/mol. The first-order valence-electron chi connectivity index (χ1n) is 7.81. The maximum atomic E-state index is 13.3. The van der Waals surface area contributed by atoms with Gasteiger partial charge in [-0.15, -0.1) is 0 Å². The highest BCUT2D eigenvalue weighted by Crippen LogP contribution is 2.35. The zero-order valence-electron chi connectivity index (χ0n) is 13.9. The van der Waals surface area contributed by atoms with E-state index in [-0.39, 0.29) is 10.8 Å². The van der Waals surface area contributed by atoms with E-state index < -0.39 is 11.9 Å². The van der Waals surface area contributed by atoms with Gasteiger partial charge in [-0.3, -0.25) is 0 Å². The number of nitrogens with zero attached hydrogens (tertiary/aromatic N) is 4. The predicted molar refractivity (Wildman–Crippen MR) is 94.4 cm³/mol. The molecule has 8 heteroatoms. The van der Waals surface area contributed by atoms with Crippen molar-refractivity contribution in [3.8, 4) is 16.5 Å². The molecule has 0 aliphatic heterocycles. The van der Waals surface area contributed by atoms with E-state index >= 15 is 0 Å². The van der Waals surface area contributed by atoms with Crippen LogP contribution < -0.4 is 0 Å². The van der Waals surface area contributed by atoms with Crippen molar-refractivity contribution < 1.29 is 13.2 Å². The molecule has 3 heterocycles. The maximum absolute atomic E-state index is 13.3. The van der Waals surface area contributed by atoms with Crippen molar-refractivity contribution >= 4 is 22.2 Å². The van der Waals surface area contributed by atoms with E-state index in [2.05, 4.69) is 15.1 Å². The first-order chi connectivity index (χ1) is 12.3. The van der Waals surface area contributed by atoms with Gasteiger partial charge in [0.1, 0.15) is 5.69 Å². The molecule has 0 aliphatic carbocycles. The van der Waals surface area contributed by atoms with Gasteiger partial charge in [-0.1, -0.05) is 35.6 Å². The summed E-state index contributed by atoms with van der Waals surface area (Å²) in [5.74, 6) is 0. The lowest BCUT2D eigenvalue weighted by Crippen LogP contribution is -2.13. The lowest BCUT2D eigenvalue weighted by Gasteiger charge is -2.07. The molecule has 0 aliphatic rings. The first kappa shape index (κ1) is 16.7. The fourth-order valence-corrected chi connectivity index (χ4v) is 3.64. The van der Waals surface area contributed by atoms with Crippen LogP contribution in [0.5, 0.6) is 0 Å². The van der Waals surface area contributed by atoms with Crippen LogP contribution in [-0.4, -0.2) is 19.7 Å². The molecule has 0 N–H and O–H groups in total. The Morgan fingerprint density at radius 3 is 2.54 bits per heavy atom. The second-order valence-corrected chi connectivity index (χ2v) is 7.05. The van der Waals surface area contributed by atoms with E-state index in [9.17, 15) is 13.2 Å². The molecule has 0 unspecified atom stereocenters. The number of aromatic nitrogens is 4. The molecule has 132 valence electrons. The SMILES string of the molecule is Cc1cc(C(F)(F)F)n(-c2nc(-c3ccc4ccccc4n3)c(C)s2)n1. The molecule has 4 aromatic rings. The number of alkyl halides is 3. The number of halogens is 3. The van der Waals surface area contributed by atoms with Gasteiger partial charge in [0, 0.05) is 10.3 Å². The molecular formula is C18H13F3N4S.